The minimum atomic E-state index is -4.95. The van der Waals surface area contributed by atoms with Gasteiger partial charge in [-0.2, -0.15) is 13.2 Å². The van der Waals surface area contributed by atoms with Crippen LogP contribution >= 0.6 is 0 Å². The summed E-state index contributed by atoms with van der Waals surface area (Å²) in [5.74, 6) is 0.539. The Kier molecular flexibility index (Phi) is 4.84. The van der Waals surface area contributed by atoms with Crippen LogP contribution in [0.25, 0.3) is 0 Å². The van der Waals surface area contributed by atoms with Gasteiger partial charge in [-0.25, -0.2) is 0 Å². The van der Waals surface area contributed by atoms with Crippen molar-refractivity contribution in [3.8, 4) is 5.75 Å². The summed E-state index contributed by atoms with van der Waals surface area (Å²) in [4.78, 5) is 22.2. The fourth-order valence-corrected chi connectivity index (χ4v) is 3.22. The van der Waals surface area contributed by atoms with Gasteiger partial charge in [-0.3, -0.25) is 20.2 Å². The number of benzene rings is 2. The highest BCUT2D eigenvalue weighted by molar-refractivity contribution is 5.77. The molecule has 0 aliphatic carbocycles. The Hall–Kier alpha value is -3.37. The number of nitrogens with zero attached hydrogens (tertiary/aromatic N) is 3. The van der Waals surface area contributed by atoms with Crippen LogP contribution in [0, 0.1) is 20.2 Å². The molecule has 0 N–H and O–H groups in total. The van der Waals surface area contributed by atoms with Gasteiger partial charge in [-0.1, -0.05) is 6.07 Å². The quantitative estimate of drug-likeness (QED) is 0.569. The van der Waals surface area contributed by atoms with Gasteiger partial charge in [-0.15, -0.1) is 0 Å². The molecule has 0 saturated heterocycles. The Bertz CT molecular complexity index is 927. The van der Waals surface area contributed by atoms with Gasteiger partial charge in [0.05, 0.1) is 22.5 Å². The van der Waals surface area contributed by atoms with Crippen molar-refractivity contribution in [2.24, 2.45) is 0 Å². The van der Waals surface area contributed by atoms with E-state index in [4.69, 9.17) is 4.74 Å². The second-order valence-corrected chi connectivity index (χ2v) is 6.18. The largest absolute Gasteiger partial charge is 0.497 e. The molecule has 1 heterocycles. The average Bonchev–Trinajstić information content (AvgIpc) is 2.65. The van der Waals surface area contributed by atoms with Crippen molar-refractivity contribution >= 4 is 17.1 Å². The fraction of sp³-hybridized carbons (Fsp3) is 0.294. The van der Waals surface area contributed by atoms with Crippen LogP contribution in [0.3, 0.4) is 0 Å². The zero-order valence-corrected chi connectivity index (χ0v) is 14.5. The summed E-state index contributed by atoms with van der Waals surface area (Å²) in [6.45, 7) is 0.256. The Morgan fingerprint density at radius 3 is 2.14 bits per heavy atom. The third-order valence-electron chi connectivity index (χ3n) is 4.53. The first kappa shape index (κ1) is 19.4. The van der Waals surface area contributed by atoms with Crippen molar-refractivity contribution in [2.75, 3.05) is 18.6 Å². The zero-order valence-electron chi connectivity index (χ0n) is 14.5. The Morgan fingerprint density at radius 2 is 1.64 bits per heavy atom. The normalized spacial score (nSPS) is 13.8. The molecule has 0 fully saturated rings. The molecule has 0 atom stereocenters. The Labute approximate surface area is 156 Å². The number of fused-ring (bicyclic) bond motifs is 1. The molecule has 2 aromatic rings. The topological polar surface area (TPSA) is 98.8 Å². The highest BCUT2D eigenvalue weighted by atomic mass is 19.4. The van der Waals surface area contributed by atoms with E-state index in [0.717, 1.165) is 11.1 Å². The van der Waals surface area contributed by atoms with Gasteiger partial charge in [0.15, 0.2) is 5.69 Å². The summed E-state index contributed by atoms with van der Waals surface area (Å²) >= 11 is 0. The maximum absolute atomic E-state index is 13.1. The molecule has 0 bridgehead atoms. The van der Waals surface area contributed by atoms with Gasteiger partial charge in [-0.05, 0) is 29.7 Å². The monoisotopic (exact) mass is 397 g/mol. The van der Waals surface area contributed by atoms with Crippen LogP contribution in [0.2, 0.25) is 0 Å². The van der Waals surface area contributed by atoms with Gasteiger partial charge in [0.2, 0.25) is 0 Å². The summed E-state index contributed by atoms with van der Waals surface area (Å²) in [6.07, 6.45) is -4.52. The first-order valence-electron chi connectivity index (χ1n) is 8.06. The second kappa shape index (κ2) is 6.98. The smallest absolute Gasteiger partial charge is 0.416 e. The standard InChI is InChI=1S/C17H14F3N3O5/c1-28-13-3-2-10-4-5-21(9-11(10)6-13)16-14(22(24)25)7-12(17(18,19)20)8-15(16)23(26)27/h2-3,6-8H,4-5,9H2,1H3. The summed E-state index contributed by atoms with van der Waals surface area (Å²) in [5.41, 5.74) is -2.10. The van der Waals surface area contributed by atoms with Crippen molar-refractivity contribution in [1.82, 2.24) is 0 Å². The van der Waals surface area contributed by atoms with Crippen LogP contribution in [0.5, 0.6) is 5.75 Å². The van der Waals surface area contributed by atoms with E-state index < -0.39 is 38.6 Å². The maximum Gasteiger partial charge on any atom is 0.416 e. The van der Waals surface area contributed by atoms with Crippen LogP contribution in [0.4, 0.5) is 30.2 Å². The molecule has 11 heteroatoms. The highest BCUT2D eigenvalue weighted by Crippen LogP contribution is 2.44. The zero-order chi connectivity index (χ0) is 20.6. The predicted octanol–water partition coefficient (Wildman–Crippen LogP) is 4.09. The molecule has 8 nitrogen and oxygen atoms in total. The number of methoxy groups -OCH3 is 1. The molecule has 28 heavy (non-hydrogen) atoms. The van der Waals surface area contributed by atoms with Crippen LogP contribution in [0.15, 0.2) is 30.3 Å². The summed E-state index contributed by atoms with van der Waals surface area (Å²) in [7, 11) is 1.47. The molecular weight excluding hydrogens is 383 g/mol. The maximum atomic E-state index is 13.1. The van der Waals surface area contributed by atoms with Crippen molar-refractivity contribution in [2.45, 2.75) is 19.1 Å². The van der Waals surface area contributed by atoms with Crippen molar-refractivity contribution in [1.29, 1.82) is 0 Å². The van der Waals surface area contributed by atoms with Crippen molar-refractivity contribution < 1.29 is 27.8 Å². The summed E-state index contributed by atoms with van der Waals surface area (Å²) in [6, 6.07) is 5.94. The summed E-state index contributed by atoms with van der Waals surface area (Å²) in [5, 5.41) is 22.9. The molecule has 0 spiro atoms. The molecule has 1 aliphatic rings. The number of anilines is 1. The number of nitro groups is 2. The Morgan fingerprint density at radius 1 is 1.04 bits per heavy atom. The molecule has 0 amide bonds. The lowest BCUT2D eigenvalue weighted by molar-refractivity contribution is -0.393. The molecule has 0 aromatic heterocycles. The van der Waals surface area contributed by atoms with Gasteiger partial charge in [0.25, 0.3) is 11.4 Å². The molecule has 3 rings (SSSR count). The Balaban J connectivity index is 2.15. The number of nitro benzene ring substituents is 2. The molecular formula is C17H14F3N3O5. The van der Waals surface area contributed by atoms with Gasteiger partial charge in [0.1, 0.15) is 5.75 Å². The lowest BCUT2D eigenvalue weighted by atomic mass is 9.98. The minimum absolute atomic E-state index is 0.0690. The van der Waals surface area contributed by atoms with Crippen molar-refractivity contribution in [3.63, 3.8) is 0 Å². The third-order valence-corrected chi connectivity index (χ3v) is 4.53. The van der Waals surface area contributed by atoms with Gasteiger partial charge >= 0.3 is 6.18 Å². The number of hydrogen-bond donors (Lipinski definition) is 0. The fourth-order valence-electron chi connectivity index (χ4n) is 3.22. The van der Waals surface area contributed by atoms with E-state index in [1.54, 1.807) is 12.1 Å². The lowest BCUT2D eigenvalue weighted by Gasteiger charge is -2.30. The van der Waals surface area contributed by atoms with Gasteiger partial charge in [0, 0.05) is 25.2 Å². The molecule has 0 radical (unpaired) electrons. The van der Waals surface area contributed by atoms with Crippen LogP contribution in [-0.2, 0) is 19.1 Å². The van der Waals surface area contributed by atoms with Crippen LogP contribution in [0.1, 0.15) is 16.7 Å². The molecule has 1 aliphatic heterocycles. The first-order valence-corrected chi connectivity index (χ1v) is 8.06. The lowest BCUT2D eigenvalue weighted by Crippen LogP contribution is -2.31. The predicted molar refractivity (Wildman–Crippen MR) is 92.5 cm³/mol. The SMILES string of the molecule is COc1ccc2c(c1)CN(c1c([N+](=O)[O-])cc(C(F)(F)F)cc1[N+](=O)[O-])CC2. The molecule has 148 valence electrons. The highest BCUT2D eigenvalue weighted by Gasteiger charge is 2.39. The average molecular weight is 397 g/mol. The number of rotatable bonds is 4. The first-order chi connectivity index (χ1) is 13.1. The third kappa shape index (κ3) is 3.55. The van der Waals surface area contributed by atoms with Gasteiger partial charge < -0.3 is 9.64 Å². The van der Waals surface area contributed by atoms with E-state index in [0.29, 0.717) is 24.3 Å². The van der Waals surface area contributed by atoms with Crippen LogP contribution in [-0.4, -0.2) is 23.5 Å². The second-order valence-electron chi connectivity index (χ2n) is 6.18. The number of hydrogen-bond acceptors (Lipinski definition) is 6. The number of alkyl halides is 3. The van der Waals surface area contributed by atoms with Crippen molar-refractivity contribution in [3.05, 3.63) is 67.3 Å². The number of halogens is 3. The van der Waals surface area contributed by atoms with E-state index in [1.807, 2.05) is 6.07 Å². The molecule has 2 aromatic carbocycles. The van der Waals surface area contributed by atoms with Crippen LogP contribution < -0.4 is 9.64 Å². The van der Waals surface area contributed by atoms with E-state index >= 15 is 0 Å². The minimum Gasteiger partial charge on any atom is -0.497 e. The van der Waals surface area contributed by atoms with E-state index in [-0.39, 0.29) is 13.1 Å². The molecule has 0 unspecified atom stereocenters. The van der Waals surface area contributed by atoms with E-state index in [9.17, 15) is 33.4 Å². The number of ether oxygens (including phenoxy) is 1. The summed E-state index contributed by atoms with van der Waals surface area (Å²) < 4.78 is 44.3. The van der Waals surface area contributed by atoms with E-state index in [1.165, 1.54) is 12.0 Å². The van der Waals surface area contributed by atoms with E-state index in [2.05, 4.69) is 0 Å². The molecule has 0 saturated carbocycles.